The first-order valence-corrected chi connectivity index (χ1v) is 9.49. The molecule has 1 N–H and O–H groups in total. The lowest BCUT2D eigenvalue weighted by Gasteiger charge is -2.18. The molecule has 4 rings (SSSR count). The summed E-state index contributed by atoms with van der Waals surface area (Å²) in [6, 6.07) is 10.3. The minimum Gasteiger partial charge on any atom is -0.376 e. The SMILES string of the molecule is O=C(/C=C/c1ccccc1)NCc1nn(C2CCCC2)c2c1COCC2. The maximum atomic E-state index is 12.2. The number of hydrogen-bond acceptors (Lipinski definition) is 3. The lowest BCUT2D eigenvalue weighted by atomic mass is 10.1. The van der Waals surface area contributed by atoms with Crippen LogP contribution in [0.2, 0.25) is 0 Å². The standard InChI is InChI=1S/C21H25N3O2/c25-21(11-10-16-6-2-1-3-7-16)22-14-19-18-15-26-13-12-20(18)24(23-19)17-8-4-5-9-17/h1-3,6-7,10-11,17H,4-5,8-9,12-15H2,(H,22,25)/b11-10+. The van der Waals surface area contributed by atoms with Gasteiger partial charge in [-0.15, -0.1) is 0 Å². The van der Waals surface area contributed by atoms with Gasteiger partial charge >= 0.3 is 0 Å². The molecule has 0 radical (unpaired) electrons. The first kappa shape index (κ1) is 17.0. The fourth-order valence-corrected chi connectivity index (χ4v) is 3.89. The molecule has 136 valence electrons. The van der Waals surface area contributed by atoms with Gasteiger partial charge in [-0.1, -0.05) is 43.2 Å². The molecule has 26 heavy (non-hydrogen) atoms. The van der Waals surface area contributed by atoms with Gasteiger partial charge < -0.3 is 10.1 Å². The smallest absolute Gasteiger partial charge is 0.244 e. The molecule has 5 heteroatoms. The lowest BCUT2D eigenvalue weighted by molar-refractivity contribution is -0.116. The topological polar surface area (TPSA) is 56.2 Å². The average molecular weight is 351 g/mol. The fraction of sp³-hybridized carbons (Fsp3) is 0.429. The lowest BCUT2D eigenvalue weighted by Crippen LogP contribution is -2.21. The van der Waals surface area contributed by atoms with Crippen LogP contribution in [0.5, 0.6) is 0 Å². The third kappa shape index (κ3) is 3.73. The number of carbonyl (C=O) groups is 1. The highest BCUT2D eigenvalue weighted by Gasteiger charge is 2.26. The van der Waals surface area contributed by atoms with Gasteiger partial charge in [-0.2, -0.15) is 5.10 Å². The van der Waals surface area contributed by atoms with Crippen LogP contribution in [0.1, 0.15) is 54.2 Å². The third-order valence-corrected chi connectivity index (χ3v) is 5.26. The van der Waals surface area contributed by atoms with Crippen molar-refractivity contribution in [1.82, 2.24) is 15.1 Å². The first-order valence-electron chi connectivity index (χ1n) is 9.49. The largest absolute Gasteiger partial charge is 0.376 e. The Balaban J connectivity index is 1.44. The molecule has 1 aliphatic heterocycles. The van der Waals surface area contributed by atoms with Crippen molar-refractivity contribution in [3.8, 4) is 0 Å². The van der Waals surface area contributed by atoms with E-state index in [1.165, 1.54) is 36.9 Å². The minimum atomic E-state index is -0.102. The van der Waals surface area contributed by atoms with E-state index < -0.39 is 0 Å². The second-order valence-electron chi connectivity index (χ2n) is 7.02. The normalized spacial score (nSPS) is 17.5. The van der Waals surface area contributed by atoms with E-state index in [4.69, 9.17) is 9.84 Å². The molecule has 0 spiro atoms. The van der Waals surface area contributed by atoms with Crippen LogP contribution >= 0.6 is 0 Å². The van der Waals surface area contributed by atoms with Gasteiger partial charge in [0.15, 0.2) is 0 Å². The Morgan fingerprint density at radius 2 is 2.08 bits per heavy atom. The zero-order valence-corrected chi connectivity index (χ0v) is 15.0. The van der Waals surface area contributed by atoms with E-state index in [2.05, 4.69) is 10.00 Å². The Bertz CT molecular complexity index is 789. The van der Waals surface area contributed by atoms with Crippen LogP contribution in [0.4, 0.5) is 0 Å². The molecule has 1 fully saturated rings. The number of rotatable bonds is 5. The number of benzene rings is 1. The Morgan fingerprint density at radius 1 is 1.27 bits per heavy atom. The van der Waals surface area contributed by atoms with Crippen molar-refractivity contribution in [1.29, 1.82) is 0 Å². The number of aromatic nitrogens is 2. The molecule has 0 unspecified atom stereocenters. The summed E-state index contributed by atoms with van der Waals surface area (Å²) in [5.41, 5.74) is 4.45. The van der Waals surface area contributed by atoms with Crippen LogP contribution in [0, 0.1) is 0 Å². The van der Waals surface area contributed by atoms with E-state index >= 15 is 0 Å². The molecule has 0 atom stereocenters. The van der Waals surface area contributed by atoms with E-state index in [1.807, 2.05) is 36.4 Å². The van der Waals surface area contributed by atoms with E-state index in [1.54, 1.807) is 6.08 Å². The summed E-state index contributed by atoms with van der Waals surface area (Å²) in [6.07, 6.45) is 9.30. The number of nitrogens with one attached hydrogen (secondary N) is 1. The number of hydrogen-bond donors (Lipinski definition) is 1. The van der Waals surface area contributed by atoms with E-state index in [0.29, 0.717) is 19.2 Å². The molecule has 1 aromatic carbocycles. The van der Waals surface area contributed by atoms with Crippen LogP contribution in [-0.4, -0.2) is 22.3 Å². The van der Waals surface area contributed by atoms with Crippen molar-refractivity contribution in [2.75, 3.05) is 6.61 Å². The summed E-state index contributed by atoms with van der Waals surface area (Å²) < 4.78 is 7.87. The minimum absolute atomic E-state index is 0.102. The number of nitrogens with zero attached hydrogens (tertiary/aromatic N) is 2. The Morgan fingerprint density at radius 3 is 2.88 bits per heavy atom. The molecular formula is C21H25N3O2. The van der Waals surface area contributed by atoms with Gasteiger partial charge in [-0.05, 0) is 24.5 Å². The van der Waals surface area contributed by atoms with Gasteiger partial charge in [0, 0.05) is 23.8 Å². The van der Waals surface area contributed by atoms with Crippen molar-refractivity contribution >= 4 is 12.0 Å². The fourth-order valence-electron chi connectivity index (χ4n) is 3.89. The van der Waals surface area contributed by atoms with Crippen molar-refractivity contribution in [2.45, 2.75) is 51.3 Å². The molecule has 0 bridgehead atoms. The Hall–Kier alpha value is -2.40. The predicted molar refractivity (Wildman–Crippen MR) is 100 cm³/mol. The molecular weight excluding hydrogens is 326 g/mol. The zero-order chi connectivity index (χ0) is 17.8. The van der Waals surface area contributed by atoms with Crippen molar-refractivity contribution in [3.63, 3.8) is 0 Å². The second kappa shape index (κ2) is 7.87. The van der Waals surface area contributed by atoms with Crippen LogP contribution in [0.15, 0.2) is 36.4 Å². The van der Waals surface area contributed by atoms with Crippen LogP contribution in [0.25, 0.3) is 6.08 Å². The molecule has 5 nitrogen and oxygen atoms in total. The van der Waals surface area contributed by atoms with Crippen LogP contribution in [0.3, 0.4) is 0 Å². The molecule has 1 aliphatic carbocycles. The molecule has 2 aliphatic rings. The maximum absolute atomic E-state index is 12.2. The number of fused-ring (bicyclic) bond motifs is 1. The average Bonchev–Trinajstić information content (AvgIpc) is 3.33. The summed E-state index contributed by atoms with van der Waals surface area (Å²) in [7, 11) is 0. The number of carbonyl (C=O) groups excluding carboxylic acids is 1. The van der Waals surface area contributed by atoms with Gasteiger partial charge in [0.2, 0.25) is 5.91 Å². The van der Waals surface area contributed by atoms with E-state index in [0.717, 1.165) is 24.3 Å². The van der Waals surface area contributed by atoms with Crippen molar-refractivity contribution < 1.29 is 9.53 Å². The quantitative estimate of drug-likeness (QED) is 0.840. The van der Waals surface area contributed by atoms with Gasteiger partial charge in [0.05, 0.1) is 31.5 Å². The zero-order valence-electron chi connectivity index (χ0n) is 15.0. The molecule has 2 heterocycles. The highest BCUT2D eigenvalue weighted by molar-refractivity contribution is 5.91. The van der Waals surface area contributed by atoms with Crippen molar-refractivity contribution in [2.24, 2.45) is 0 Å². The van der Waals surface area contributed by atoms with Gasteiger partial charge in [-0.25, -0.2) is 0 Å². The summed E-state index contributed by atoms with van der Waals surface area (Å²) in [6.45, 7) is 1.81. The third-order valence-electron chi connectivity index (χ3n) is 5.26. The number of amides is 1. The number of ether oxygens (including phenoxy) is 1. The van der Waals surface area contributed by atoms with Crippen molar-refractivity contribution in [3.05, 3.63) is 58.9 Å². The predicted octanol–water partition coefficient (Wildman–Crippen LogP) is 3.40. The van der Waals surface area contributed by atoms with Crippen LogP contribution < -0.4 is 5.32 Å². The molecule has 1 amide bonds. The molecule has 2 aromatic rings. The monoisotopic (exact) mass is 351 g/mol. The summed E-state index contributed by atoms with van der Waals surface area (Å²) in [5.74, 6) is -0.102. The van der Waals surface area contributed by atoms with Gasteiger partial charge in [-0.3, -0.25) is 9.48 Å². The van der Waals surface area contributed by atoms with E-state index in [-0.39, 0.29) is 5.91 Å². The highest BCUT2D eigenvalue weighted by atomic mass is 16.5. The highest BCUT2D eigenvalue weighted by Crippen LogP contribution is 2.33. The summed E-state index contributed by atoms with van der Waals surface area (Å²) >= 11 is 0. The van der Waals surface area contributed by atoms with Gasteiger partial charge in [0.25, 0.3) is 0 Å². The molecule has 1 aromatic heterocycles. The second-order valence-corrected chi connectivity index (χ2v) is 7.02. The Labute approximate surface area is 154 Å². The molecule has 0 saturated heterocycles. The first-order chi connectivity index (χ1) is 12.8. The van der Waals surface area contributed by atoms with Gasteiger partial charge in [0.1, 0.15) is 0 Å². The van der Waals surface area contributed by atoms with E-state index in [9.17, 15) is 4.79 Å². The van der Waals surface area contributed by atoms with Crippen LogP contribution in [-0.2, 0) is 29.1 Å². The summed E-state index contributed by atoms with van der Waals surface area (Å²) in [4.78, 5) is 12.2. The Kier molecular flexibility index (Phi) is 5.16. The molecule has 1 saturated carbocycles. The summed E-state index contributed by atoms with van der Waals surface area (Å²) in [5, 5.41) is 7.83. The maximum Gasteiger partial charge on any atom is 0.244 e.